The molecular weight excluding hydrogens is 493 g/mol. The van der Waals surface area contributed by atoms with Crippen molar-refractivity contribution in [3.05, 3.63) is 110 Å². The van der Waals surface area contributed by atoms with Gasteiger partial charge in [-0.05, 0) is 58.8 Å². The summed E-state index contributed by atoms with van der Waals surface area (Å²) < 4.78 is 6.94. The third kappa shape index (κ3) is 5.11. The van der Waals surface area contributed by atoms with E-state index >= 15 is 0 Å². The monoisotopic (exact) mass is 507 g/mol. The molecule has 0 aromatic heterocycles. The second kappa shape index (κ2) is 9.58. The van der Waals surface area contributed by atoms with E-state index in [1.807, 2.05) is 66.7 Å². The number of halogens is 3. The van der Waals surface area contributed by atoms with Crippen molar-refractivity contribution in [2.75, 3.05) is 0 Å². The van der Waals surface area contributed by atoms with Gasteiger partial charge < -0.3 is 4.74 Å². The highest BCUT2D eigenvalue weighted by Crippen LogP contribution is 2.30. The van der Waals surface area contributed by atoms with Crippen LogP contribution < -0.4 is 4.74 Å². The lowest BCUT2D eigenvalue weighted by atomic mass is 10.00. The molecule has 0 radical (unpaired) electrons. The van der Waals surface area contributed by atoms with E-state index in [4.69, 9.17) is 27.9 Å². The number of fused-ring (bicyclic) bond motifs is 1. The van der Waals surface area contributed by atoms with Gasteiger partial charge in [0.25, 0.3) is 0 Å². The molecule has 0 aliphatic heterocycles. The van der Waals surface area contributed by atoms with Crippen molar-refractivity contribution in [2.24, 2.45) is 0 Å². The summed E-state index contributed by atoms with van der Waals surface area (Å²) in [5.74, 6) is 0.655. The van der Waals surface area contributed by atoms with Gasteiger partial charge in [0, 0.05) is 25.6 Å². The lowest BCUT2D eigenvalue weighted by molar-refractivity contribution is 0.305. The van der Waals surface area contributed by atoms with E-state index in [1.54, 1.807) is 12.1 Å². The first-order valence-electron chi connectivity index (χ1n) is 9.51. The molecule has 0 amide bonds. The van der Waals surface area contributed by atoms with Gasteiger partial charge in [-0.15, -0.1) is 0 Å². The van der Waals surface area contributed by atoms with Crippen molar-refractivity contribution >= 4 is 61.6 Å². The minimum absolute atomic E-state index is 0.288. The van der Waals surface area contributed by atoms with E-state index in [2.05, 4.69) is 28.1 Å². The molecule has 0 fully saturated rings. The zero-order chi connectivity index (χ0) is 21.8. The van der Waals surface area contributed by atoms with Crippen LogP contribution in [0.1, 0.15) is 16.7 Å². The highest BCUT2D eigenvalue weighted by atomic mass is 79.9. The topological polar surface area (TPSA) is 33.0 Å². The van der Waals surface area contributed by atoms with Crippen molar-refractivity contribution in [3.8, 4) is 11.8 Å². The average Bonchev–Trinajstić information content (AvgIpc) is 2.77. The molecule has 4 aromatic carbocycles. The van der Waals surface area contributed by atoms with Crippen LogP contribution in [-0.4, -0.2) is 0 Å². The number of nitriles is 1. The molecule has 0 saturated carbocycles. The van der Waals surface area contributed by atoms with Gasteiger partial charge in [0.2, 0.25) is 0 Å². The average molecular weight is 509 g/mol. The van der Waals surface area contributed by atoms with Gasteiger partial charge in [-0.2, -0.15) is 5.26 Å². The number of allylic oxidation sites excluding steroid dienone is 1. The summed E-state index contributed by atoms with van der Waals surface area (Å²) in [6.07, 6.45) is 1.84. The summed E-state index contributed by atoms with van der Waals surface area (Å²) in [5.41, 5.74) is 3.04. The summed E-state index contributed by atoms with van der Waals surface area (Å²) in [4.78, 5) is 0. The highest BCUT2D eigenvalue weighted by Gasteiger charge is 2.09. The van der Waals surface area contributed by atoms with Gasteiger partial charge >= 0.3 is 0 Å². The molecule has 31 heavy (non-hydrogen) atoms. The Morgan fingerprint density at radius 2 is 1.74 bits per heavy atom. The number of rotatable bonds is 5. The van der Waals surface area contributed by atoms with Crippen LogP contribution in [0, 0.1) is 11.3 Å². The number of benzene rings is 4. The Labute approximate surface area is 199 Å². The molecule has 0 unspecified atom stereocenters. The van der Waals surface area contributed by atoms with Crippen molar-refractivity contribution in [3.63, 3.8) is 0 Å². The molecule has 4 aromatic rings. The molecule has 0 N–H and O–H groups in total. The van der Waals surface area contributed by atoms with Crippen molar-refractivity contribution in [2.45, 2.75) is 6.61 Å². The molecule has 2 nitrogen and oxygen atoms in total. The summed E-state index contributed by atoms with van der Waals surface area (Å²) in [5, 5.41) is 13.2. The maximum absolute atomic E-state index is 9.84. The maximum atomic E-state index is 9.84. The SMILES string of the molecule is N#C/C(=C/c1cc(Br)ccc1OCc1ccc(Cl)cc1Cl)c1ccc2ccccc2c1. The van der Waals surface area contributed by atoms with Crippen LogP contribution >= 0.6 is 39.1 Å². The predicted molar refractivity (Wildman–Crippen MR) is 132 cm³/mol. The van der Waals surface area contributed by atoms with Gasteiger partial charge in [-0.3, -0.25) is 0 Å². The minimum Gasteiger partial charge on any atom is -0.488 e. The Morgan fingerprint density at radius 3 is 2.52 bits per heavy atom. The molecule has 0 saturated heterocycles. The predicted octanol–water partition coefficient (Wildman–Crippen LogP) is 8.55. The number of hydrogen-bond acceptors (Lipinski definition) is 2. The Hall–Kier alpha value is -2.77. The Morgan fingerprint density at radius 1 is 0.935 bits per heavy atom. The van der Waals surface area contributed by atoms with Crippen LogP contribution in [-0.2, 0) is 6.61 Å². The van der Waals surface area contributed by atoms with Gasteiger partial charge in [-0.1, -0.05) is 81.6 Å². The summed E-state index contributed by atoms with van der Waals surface area (Å²) in [6.45, 7) is 0.288. The zero-order valence-corrected chi connectivity index (χ0v) is 19.4. The third-order valence-corrected chi connectivity index (χ3v) is 5.93. The first-order valence-corrected chi connectivity index (χ1v) is 11.1. The van der Waals surface area contributed by atoms with Crippen LogP contribution in [0.25, 0.3) is 22.4 Å². The Bertz CT molecular complexity index is 1340. The fourth-order valence-corrected chi connectivity index (χ4v) is 4.09. The minimum atomic E-state index is 0.288. The lowest BCUT2D eigenvalue weighted by Gasteiger charge is -2.12. The smallest absolute Gasteiger partial charge is 0.127 e. The van der Waals surface area contributed by atoms with E-state index in [1.165, 1.54) is 0 Å². The quantitative estimate of drug-likeness (QED) is 0.200. The van der Waals surface area contributed by atoms with E-state index in [0.29, 0.717) is 21.4 Å². The molecule has 0 spiro atoms. The molecule has 0 bridgehead atoms. The summed E-state index contributed by atoms with van der Waals surface area (Å²) in [7, 11) is 0. The number of nitrogens with zero attached hydrogens (tertiary/aromatic N) is 1. The Kier molecular flexibility index (Phi) is 6.63. The van der Waals surface area contributed by atoms with E-state index in [0.717, 1.165) is 31.9 Å². The van der Waals surface area contributed by atoms with Crippen LogP contribution in [0.5, 0.6) is 5.75 Å². The number of hydrogen-bond donors (Lipinski definition) is 0. The van der Waals surface area contributed by atoms with Crippen LogP contribution in [0.15, 0.2) is 83.3 Å². The number of ether oxygens (including phenoxy) is 1. The summed E-state index contributed by atoms with van der Waals surface area (Å²) in [6, 6.07) is 27.4. The van der Waals surface area contributed by atoms with E-state index in [-0.39, 0.29) is 6.61 Å². The first kappa shape index (κ1) is 21.5. The maximum Gasteiger partial charge on any atom is 0.127 e. The molecule has 0 aliphatic carbocycles. The van der Waals surface area contributed by atoms with Gasteiger partial charge in [0.1, 0.15) is 12.4 Å². The van der Waals surface area contributed by atoms with Crippen molar-refractivity contribution in [1.82, 2.24) is 0 Å². The van der Waals surface area contributed by atoms with Crippen LogP contribution in [0.4, 0.5) is 0 Å². The molecule has 152 valence electrons. The zero-order valence-electron chi connectivity index (χ0n) is 16.3. The van der Waals surface area contributed by atoms with Crippen molar-refractivity contribution in [1.29, 1.82) is 5.26 Å². The molecule has 5 heteroatoms. The largest absolute Gasteiger partial charge is 0.488 e. The van der Waals surface area contributed by atoms with Gasteiger partial charge in [0.05, 0.1) is 11.6 Å². The molecule has 0 atom stereocenters. The second-order valence-electron chi connectivity index (χ2n) is 6.94. The van der Waals surface area contributed by atoms with Crippen LogP contribution in [0.3, 0.4) is 0 Å². The van der Waals surface area contributed by atoms with Gasteiger partial charge in [0.15, 0.2) is 0 Å². The van der Waals surface area contributed by atoms with Crippen molar-refractivity contribution < 1.29 is 4.74 Å². The third-order valence-electron chi connectivity index (χ3n) is 4.85. The molecule has 4 rings (SSSR count). The highest BCUT2D eigenvalue weighted by molar-refractivity contribution is 9.10. The first-order chi connectivity index (χ1) is 15.0. The van der Waals surface area contributed by atoms with E-state index in [9.17, 15) is 5.26 Å². The standard InChI is InChI=1S/C26H16BrCl2NO/c27-23-8-10-26(31-16-20-7-9-24(28)14-25(20)29)21(13-23)12-22(15-30)19-6-5-17-3-1-2-4-18(17)11-19/h1-14H,16H2/b22-12-. The molecule has 0 heterocycles. The fraction of sp³-hybridized carbons (Fsp3) is 0.0385. The normalized spacial score (nSPS) is 11.4. The molecule has 0 aliphatic rings. The Balaban J connectivity index is 1.68. The second-order valence-corrected chi connectivity index (χ2v) is 8.70. The van der Waals surface area contributed by atoms with Gasteiger partial charge in [-0.25, -0.2) is 0 Å². The fourth-order valence-electron chi connectivity index (χ4n) is 3.25. The van der Waals surface area contributed by atoms with E-state index < -0.39 is 0 Å². The van der Waals surface area contributed by atoms with Crippen LogP contribution in [0.2, 0.25) is 10.0 Å². The molecular formula is C26H16BrCl2NO. The lowest BCUT2D eigenvalue weighted by Crippen LogP contribution is -1.98. The summed E-state index contributed by atoms with van der Waals surface area (Å²) >= 11 is 15.8.